The van der Waals surface area contributed by atoms with Crippen LogP contribution in [-0.4, -0.2) is 48.1 Å². The Morgan fingerprint density at radius 2 is 1.89 bits per heavy atom. The monoisotopic (exact) mass is 478 g/mol. The highest BCUT2D eigenvalue weighted by Gasteiger charge is 2.13. The maximum Gasteiger partial charge on any atom is 0.337 e. The molecular formula is C23H18N4O8. The number of carboxylic acid groups (broad SMARTS) is 2. The summed E-state index contributed by atoms with van der Waals surface area (Å²) < 4.78 is 11.9. The van der Waals surface area contributed by atoms with Crippen molar-refractivity contribution in [2.75, 3.05) is 0 Å². The van der Waals surface area contributed by atoms with E-state index >= 15 is 0 Å². The fourth-order valence-electron chi connectivity index (χ4n) is 3.27. The molecule has 1 aromatic carbocycles. The van der Waals surface area contributed by atoms with E-state index in [-0.39, 0.29) is 37.1 Å². The van der Waals surface area contributed by atoms with E-state index in [0.29, 0.717) is 27.9 Å². The molecule has 35 heavy (non-hydrogen) atoms. The summed E-state index contributed by atoms with van der Waals surface area (Å²) in [6, 6.07) is 9.30. The number of ether oxygens (including phenoxy) is 1. The molecule has 12 heteroatoms. The third-order valence-corrected chi connectivity index (χ3v) is 4.99. The molecule has 0 aliphatic rings. The predicted octanol–water partition coefficient (Wildman–Crippen LogP) is 2.10. The summed E-state index contributed by atoms with van der Waals surface area (Å²) in [5, 5.41) is 26.4. The van der Waals surface area contributed by atoms with Crippen LogP contribution < -0.4 is 5.63 Å². The van der Waals surface area contributed by atoms with Gasteiger partial charge in [0, 0.05) is 28.8 Å². The number of esters is 1. The van der Waals surface area contributed by atoms with Gasteiger partial charge in [-0.15, -0.1) is 5.10 Å². The van der Waals surface area contributed by atoms with Gasteiger partial charge in [-0.05, 0) is 18.2 Å². The van der Waals surface area contributed by atoms with Crippen molar-refractivity contribution in [1.82, 2.24) is 20.0 Å². The number of nitrogens with zero attached hydrogens (tertiary/aromatic N) is 4. The number of carboxylic acids is 2. The van der Waals surface area contributed by atoms with Crippen LogP contribution in [-0.2, 0) is 27.5 Å². The van der Waals surface area contributed by atoms with Crippen LogP contribution in [0.5, 0.6) is 0 Å². The van der Waals surface area contributed by atoms with Gasteiger partial charge in [-0.3, -0.25) is 14.6 Å². The molecule has 0 amide bonds. The van der Waals surface area contributed by atoms with Gasteiger partial charge in [0.1, 0.15) is 17.9 Å². The molecule has 12 nitrogen and oxygen atoms in total. The molecule has 3 heterocycles. The van der Waals surface area contributed by atoms with Crippen molar-refractivity contribution < 1.29 is 33.8 Å². The van der Waals surface area contributed by atoms with Crippen molar-refractivity contribution in [2.24, 2.45) is 0 Å². The van der Waals surface area contributed by atoms with Gasteiger partial charge in [0.15, 0.2) is 0 Å². The maximum atomic E-state index is 12.0. The number of pyridine rings is 1. The zero-order chi connectivity index (χ0) is 24.9. The lowest BCUT2D eigenvalue weighted by molar-refractivity contribution is -0.148. The zero-order valence-electron chi connectivity index (χ0n) is 18.1. The fourth-order valence-corrected chi connectivity index (χ4v) is 3.27. The molecule has 2 N–H and O–H groups in total. The van der Waals surface area contributed by atoms with Crippen LogP contribution in [0.2, 0.25) is 0 Å². The summed E-state index contributed by atoms with van der Waals surface area (Å²) in [6.45, 7) is 0.0662. The topological polar surface area (TPSA) is 175 Å². The molecule has 0 radical (unpaired) electrons. The highest BCUT2D eigenvalue weighted by Crippen LogP contribution is 2.25. The van der Waals surface area contributed by atoms with E-state index in [0.717, 1.165) is 0 Å². The van der Waals surface area contributed by atoms with E-state index in [4.69, 9.17) is 19.4 Å². The van der Waals surface area contributed by atoms with Crippen LogP contribution in [0.1, 0.15) is 34.5 Å². The van der Waals surface area contributed by atoms with Crippen LogP contribution in [0.15, 0.2) is 58.0 Å². The molecule has 4 aromatic rings. The Kier molecular flexibility index (Phi) is 6.62. The van der Waals surface area contributed by atoms with Gasteiger partial charge in [-0.2, -0.15) is 0 Å². The Hall–Kier alpha value is -4.87. The first kappa shape index (κ1) is 23.3. The second-order valence-electron chi connectivity index (χ2n) is 7.50. The van der Waals surface area contributed by atoms with Gasteiger partial charge in [0.05, 0.1) is 36.8 Å². The van der Waals surface area contributed by atoms with Crippen molar-refractivity contribution in [1.29, 1.82) is 0 Å². The van der Waals surface area contributed by atoms with E-state index in [1.54, 1.807) is 30.5 Å². The minimum atomic E-state index is -1.11. The van der Waals surface area contributed by atoms with Gasteiger partial charge in [-0.1, -0.05) is 17.3 Å². The number of hydrogen-bond acceptors (Lipinski definition) is 9. The molecule has 0 saturated heterocycles. The van der Waals surface area contributed by atoms with Crippen molar-refractivity contribution in [2.45, 2.75) is 26.0 Å². The summed E-state index contributed by atoms with van der Waals surface area (Å²) in [4.78, 5) is 49.4. The van der Waals surface area contributed by atoms with Crippen molar-refractivity contribution in [3.8, 4) is 11.3 Å². The molecule has 178 valence electrons. The van der Waals surface area contributed by atoms with E-state index in [1.165, 1.54) is 23.0 Å². The Morgan fingerprint density at radius 1 is 1.06 bits per heavy atom. The van der Waals surface area contributed by atoms with E-state index in [1.807, 2.05) is 0 Å². The van der Waals surface area contributed by atoms with E-state index in [2.05, 4.69) is 15.3 Å². The van der Waals surface area contributed by atoms with E-state index in [9.17, 15) is 19.2 Å². The number of fused-ring (bicyclic) bond motifs is 1. The third kappa shape index (κ3) is 5.74. The summed E-state index contributed by atoms with van der Waals surface area (Å²) in [7, 11) is 0. The molecule has 0 bridgehead atoms. The van der Waals surface area contributed by atoms with Crippen LogP contribution in [0.4, 0.5) is 0 Å². The van der Waals surface area contributed by atoms with Gasteiger partial charge in [0.2, 0.25) is 0 Å². The Labute approximate surface area is 196 Å². The second-order valence-corrected chi connectivity index (χ2v) is 7.50. The molecule has 0 saturated carbocycles. The number of carbonyl (C=O) groups excluding carboxylic acids is 1. The first-order valence-electron chi connectivity index (χ1n) is 10.3. The normalized spacial score (nSPS) is 10.9. The zero-order valence-corrected chi connectivity index (χ0v) is 18.1. The van der Waals surface area contributed by atoms with Crippen molar-refractivity contribution in [3.63, 3.8) is 0 Å². The Bertz CT molecular complexity index is 1470. The van der Waals surface area contributed by atoms with Crippen LogP contribution in [0.25, 0.3) is 22.2 Å². The molecule has 0 aliphatic heterocycles. The highest BCUT2D eigenvalue weighted by atomic mass is 16.5. The number of aromatic nitrogens is 4. The smallest absolute Gasteiger partial charge is 0.337 e. The number of rotatable bonds is 9. The summed E-state index contributed by atoms with van der Waals surface area (Å²) >= 11 is 0. The summed E-state index contributed by atoms with van der Waals surface area (Å²) in [5.74, 6) is -2.85. The quantitative estimate of drug-likeness (QED) is 0.266. The number of hydrogen-bond donors (Lipinski definition) is 2. The molecule has 0 unspecified atom stereocenters. The number of aliphatic carboxylic acids is 1. The first-order chi connectivity index (χ1) is 16.8. The maximum absolute atomic E-state index is 12.0. The molecular weight excluding hydrogens is 460 g/mol. The van der Waals surface area contributed by atoms with Gasteiger partial charge in [-0.25, -0.2) is 14.3 Å². The minimum absolute atomic E-state index is 0.0834. The van der Waals surface area contributed by atoms with Crippen molar-refractivity contribution >= 4 is 28.9 Å². The van der Waals surface area contributed by atoms with Crippen LogP contribution >= 0.6 is 0 Å². The SMILES string of the molecule is O=C(O)CCC(=O)OCc1cc(=O)oc2cc(-c3cn(Cc4ccc(C(=O)O)cn4)nn3)ccc12. The molecule has 0 spiro atoms. The van der Waals surface area contributed by atoms with Gasteiger partial charge in [0.25, 0.3) is 0 Å². The highest BCUT2D eigenvalue weighted by molar-refractivity contribution is 5.87. The largest absolute Gasteiger partial charge is 0.481 e. The van der Waals surface area contributed by atoms with Crippen LogP contribution in [0.3, 0.4) is 0 Å². The van der Waals surface area contributed by atoms with E-state index < -0.39 is 23.5 Å². The lowest BCUT2D eigenvalue weighted by Gasteiger charge is -2.07. The first-order valence-corrected chi connectivity index (χ1v) is 10.3. The number of aromatic carboxylic acids is 1. The molecule has 3 aromatic heterocycles. The third-order valence-electron chi connectivity index (χ3n) is 4.99. The number of benzene rings is 1. The summed E-state index contributed by atoms with van der Waals surface area (Å²) in [6.07, 6.45) is 2.32. The average molecular weight is 478 g/mol. The Morgan fingerprint density at radius 3 is 2.60 bits per heavy atom. The molecule has 0 atom stereocenters. The molecule has 0 fully saturated rings. The Balaban J connectivity index is 1.51. The van der Waals surface area contributed by atoms with Gasteiger partial charge < -0.3 is 19.4 Å². The van der Waals surface area contributed by atoms with Crippen LogP contribution in [0, 0.1) is 0 Å². The standard InChI is InChI=1S/C23H18N4O8/c28-20(29)5-6-21(30)34-12-15-8-22(31)35-19-7-13(2-4-17(15)19)18-11-27(26-25-18)10-16-3-1-14(9-24-16)23(32)33/h1-4,7-9,11H,5-6,10,12H2,(H,28,29)(H,32,33). The lowest BCUT2D eigenvalue weighted by atomic mass is 10.1. The second kappa shape index (κ2) is 9.95. The predicted molar refractivity (Wildman–Crippen MR) is 118 cm³/mol. The average Bonchev–Trinajstić information content (AvgIpc) is 3.29. The lowest BCUT2D eigenvalue weighted by Crippen LogP contribution is -2.09. The molecule has 4 rings (SSSR count). The van der Waals surface area contributed by atoms with Crippen molar-refractivity contribution in [3.05, 3.63) is 76.0 Å². The minimum Gasteiger partial charge on any atom is -0.481 e. The summed E-state index contributed by atoms with van der Waals surface area (Å²) in [5.41, 5.74) is 1.85. The number of carbonyl (C=O) groups is 3. The molecule has 0 aliphatic carbocycles. The fraction of sp³-hybridized carbons (Fsp3) is 0.174. The van der Waals surface area contributed by atoms with Gasteiger partial charge >= 0.3 is 23.5 Å².